The fourth-order valence-electron chi connectivity index (χ4n) is 1.68. The van der Waals surface area contributed by atoms with Crippen LogP contribution in [-0.4, -0.2) is 14.1 Å². The zero-order valence-electron chi connectivity index (χ0n) is 10.9. The molecule has 0 bridgehead atoms. The molecule has 0 amide bonds. The number of hydrogen-bond donors (Lipinski definition) is 0. The molecule has 1 heterocycles. The van der Waals surface area contributed by atoms with Crippen molar-refractivity contribution in [2.24, 2.45) is 0 Å². The van der Waals surface area contributed by atoms with Gasteiger partial charge in [0.15, 0.2) is 18.3 Å². The highest BCUT2D eigenvalue weighted by Crippen LogP contribution is 2.12. The lowest BCUT2D eigenvalue weighted by Crippen LogP contribution is -2.31. The molecule has 0 spiro atoms. The Morgan fingerprint density at radius 3 is 2.28 bits per heavy atom. The quantitative estimate of drug-likeness (QED) is 0.762. The maximum atomic E-state index is 2.21. The monoisotopic (exact) mass is 259 g/mol. The first-order chi connectivity index (χ1) is 8.75. The molecular formula is C15H19N2S+. The summed E-state index contributed by atoms with van der Waals surface area (Å²) in [4.78, 5) is 2.11. The smallest absolute Gasteiger partial charge is 0.194 e. The first kappa shape index (κ1) is 13.0. The number of rotatable bonds is 5. The Hall–Kier alpha value is -1.48. The van der Waals surface area contributed by atoms with Crippen LogP contribution in [0.25, 0.3) is 0 Å². The summed E-state index contributed by atoms with van der Waals surface area (Å²) in [5.41, 5.74) is 2.62. The van der Waals surface area contributed by atoms with Crippen LogP contribution in [0.15, 0.2) is 54.9 Å². The summed E-state index contributed by atoms with van der Waals surface area (Å²) in [6, 6.07) is 14.9. The lowest BCUT2D eigenvalue weighted by Gasteiger charge is -2.10. The standard InChI is InChI=1S/C15H19N2S/c1-16(2)15-8-10-17(11-9-15)13-18-12-14-6-4-3-5-7-14/h3-11H,12-13H2,1-2H3/q+1. The molecule has 2 aromatic rings. The van der Waals surface area contributed by atoms with Crippen LogP contribution in [0.4, 0.5) is 5.69 Å². The molecule has 0 aliphatic rings. The molecule has 1 aromatic heterocycles. The lowest BCUT2D eigenvalue weighted by atomic mass is 10.2. The molecule has 0 aliphatic heterocycles. The molecule has 0 fully saturated rings. The topological polar surface area (TPSA) is 7.12 Å². The summed E-state index contributed by atoms with van der Waals surface area (Å²) in [5.74, 6) is 2.05. The summed E-state index contributed by atoms with van der Waals surface area (Å²) < 4.78 is 2.21. The number of aromatic nitrogens is 1. The molecule has 0 unspecified atom stereocenters. The molecule has 0 aliphatic carbocycles. The van der Waals surface area contributed by atoms with Gasteiger partial charge in [-0.15, -0.1) is 0 Å². The van der Waals surface area contributed by atoms with Crippen molar-refractivity contribution < 1.29 is 4.57 Å². The van der Waals surface area contributed by atoms with Crippen molar-refractivity contribution in [3.8, 4) is 0 Å². The zero-order valence-corrected chi connectivity index (χ0v) is 11.7. The van der Waals surface area contributed by atoms with Gasteiger partial charge in [0, 0.05) is 37.7 Å². The first-order valence-corrected chi connectivity index (χ1v) is 7.19. The van der Waals surface area contributed by atoms with Gasteiger partial charge < -0.3 is 4.90 Å². The summed E-state index contributed by atoms with van der Waals surface area (Å²) in [7, 11) is 4.12. The maximum absolute atomic E-state index is 2.21. The largest absolute Gasteiger partial charge is 0.377 e. The van der Waals surface area contributed by atoms with Gasteiger partial charge in [-0.25, -0.2) is 0 Å². The predicted molar refractivity (Wildman–Crippen MR) is 78.7 cm³/mol. The second kappa shape index (κ2) is 6.45. The highest BCUT2D eigenvalue weighted by molar-refractivity contribution is 7.97. The number of benzene rings is 1. The van der Waals surface area contributed by atoms with Crippen LogP contribution in [-0.2, 0) is 11.6 Å². The minimum atomic E-state index is 0.989. The Morgan fingerprint density at radius 2 is 1.67 bits per heavy atom. The fraction of sp³-hybridized carbons (Fsp3) is 0.267. The van der Waals surface area contributed by atoms with Crippen LogP contribution in [0.1, 0.15) is 5.56 Å². The molecule has 1 aromatic carbocycles. The van der Waals surface area contributed by atoms with E-state index in [1.165, 1.54) is 11.3 Å². The third kappa shape index (κ3) is 3.77. The Balaban J connectivity index is 1.83. The number of nitrogens with zero attached hydrogens (tertiary/aromatic N) is 2. The van der Waals surface area contributed by atoms with Crippen LogP contribution < -0.4 is 9.47 Å². The molecule has 18 heavy (non-hydrogen) atoms. The van der Waals surface area contributed by atoms with E-state index in [0.29, 0.717) is 0 Å². The van der Waals surface area contributed by atoms with E-state index in [9.17, 15) is 0 Å². The molecular weight excluding hydrogens is 240 g/mol. The van der Waals surface area contributed by atoms with Crippen LogP contribution in [0.5, 0.6) is 0 Å². The molecule has 3 heteroatoms. The lowest BCUT2D eigenvalue weighted by molar-refractivity contribution is -0.675. The molecule has 2 rings (SSSR count). The van der Waals surface area contributed by atoms with Gasteiger partial charge in [-0.3, -0.25) is 0 Å². The second-order valence-corrected chi connectivity index (χ2v) is 5.38. The third-order valence-electron chi connectivity index (χ3n) is 2.74. The third-order valence-corrected chi connectivity index (χ3v) is 3.76. The van der Waals surface area contributed by atoms with Crippen molar-refractivity contribution in [3.63, 3.8) is 0 Å². The van der Waals surface area contributed by atoms with Gasteiger partial charge in [-0.05, 0) is 5.56 Å². The number of anilines is 1. The van der Waals surface area contributed by atoms with Crippen molar-refractivity contribution in [1.29, 1.82) is 0 Å². The van der Waals surface area contributed by atoms with E-state index < -0.39 is 0 Å². The van der Waals surface area contributed by atoms with E-state index in [1.807, 2.05) is 11.8 Å². The van der Waals surface area contributed by atoms with Gasteiger partial charge in [0.2, 0.25) is 0 Å². The normalized spacial score (nSPS) is 10.3. The Morgan fingerprint density at radius 1 is 1.00 bits per heavy atom. The van der Waals surface area contributed by atoms with Gasteiger partial charge >= 0.3 is 0 Å². The predicted octanol–water partition coefficient (Wildman–Crippen LogP) is 2.93. The minimum Gasteiger partial charge on any atom is -0.377 e. The molecule has 0 N–H and O–H groups in total. The number of pyridine rings is 1. The van der Waals surface area contributed by atoms with Gasteiger partial charge in [0.1, 0.15) is 0 Å². The minimum absolute atomic E-state index is 0.989. The maximum Gasteiger partial charge on any atom is 0.194 e. The number of thioether (sulfide) groups is 1. The first-order valence-electron chi connectivity index (χ1n) is 6.04. The average Bonchev–Trinajstić information content (AvgIpc) is 2.40. The van der Waals surface area contributed by atoms with Crippen molar-refractivity contribution in [3.05, 3.63) is 60.4 Å². The van der Waals surface area contributed by atoms with Crippen LogP contribution >= 0.6 is 11.8 Å². The summed E-state index contributed by atoms with van der Waals surface area (Å²) in [5, 5.41) is 0. The van der Waals surface area contributed by atoms with Crippen molar-refractivity contribution in [1.82, 2.24) is 0 Å². The highest BCUT2D eigenvalue weighted by Gasteiger charge is 2.02. The van der Waals surface area contributed by atoms with Gasteiger partial charge in [-0.1, -0.05) is 42.1 Å². The van der Waals surface area contributed by atoms with Gasteiger partial charge in [-0.2, -0.15) is 4.57 Å². The second-order valence-electron chi connectivity index (χ2n) is 4.43. The van der Waals surface area contributed by atoms with E-state index in [1.54, 1.807) is 0 Å². The van der Waals surface area contributed by atoms with E-state index in [4.69, 9.17) is 0 Å². The van der Waals surface area contributed by atoms with Crippen LogP contribution in [0.2, 0.25) is 0 Å². The van der Waals surface area contributed by atoms with Crippen LogP contribution in [0, 0.1) is 0 Å². The Labute approximate surface area is 113 Å². The molecule has 0 saturated heterocycles. The summed E-state index contributed by atoms with van der Waals surface area (Å²) in [6.07, 6.45) is 4.26. The van der Waals surface area contributed by atoms with Gasteiger partial charge in [0.25, 0.3) is 0 Å². The Bertz CT molecular complexity index is 466. The molecule has 2 nitrogen and oxygen atoms in total. The van der Waals surface area contributed by atoms with E-state index >= 15 is 0 Å². The van der Waals surface area contributed by atoms with E-state index in [0.717, 1.165) is 11.6 Å². The Kier molecular flexibility index (Phi) is 4.65. The van der Waals surface area contributed by atoms with Gasteiger partial charge in [0.05, 0.1) is 0 Å². The van der Waals surface area contributed by atoms with Crippen molar-refractivity contribution in [2.75, 3.05) is 19.0 Å². The van der Waals surface area contributed by atoms with E-state index in [-0.39, 0.29) is 0 Å². The SMILES string of the molecule is CN(C)c1cc[n+](CSCc2ccccc2)cc1. The molecule has 0 saturated carbocycles. The molecule has 0 radical (unpaired) electrons. The number of hydrogen-bond acceptors (Lipinski definition) is 2. The summed E-state index contributed by atoms with van der Waals surface area (Å²) in [6.45, 7) is 0. The average molecular weight is 259 g/mol. The molecule has 94 valence electrons. The highest BCUT2D eigenvalue weighted by atomic mass is 32.2. The zero-order chi connectivity index (χ0) is 12.8. The summed E-state index contributed by atoms with van der Waals surface area (Å²) >= 11 is 1.92. The van der Waals surface area contributed by atoms with Crippen LogP contribution in [0.3, 0.4) is 0 Å². The van der Waals surface area contributed by atoms with Crippen molar-refractivity contribution >= 4 is 17.4 Å². The van der Waals surface area contributed by atoms with Crippen molar-refractivity contribution in [2.45, 2.75) is 11.6 Å². The van der Waals surface area contributed by atoms with E-state index in [2.05, 4.69) is 78.4 Å². The molecule has 0 atom stereocenters. The fourth-order valence-corrected chi connectivity index (χ4v) is 2.58.